The zero-order chi connectivity index (χ0) is 16.0. The van der Waals surface area contributed by atoms with Gasteiger partial charge in [-0.15, -0.1) is 0 Å². The van der Waals surface area contributed by atoms with E-state index in [0.29, 0.717) is 16.9 Å². The Kier molecular flexibility index (Phi) is 5.83. The third kappa shape index (κ3) is 5.50. The highest BCUT2D eigenvalue weighted by molar-refractivity contribution is 5.97. The Balaban J connectivity index is 2.60. The minimum Gasteiger partial charge on any atom is -0.465 e. The summed E-state index contributed by atoms with van der Waals surface area (Å²) >= 11 is 0. The molecule has 0 unspecified atom stereocenters. The summed E-state index contributed by atoms with van der Waals surface area (Å²) in [4.78, 5) is 11.5. The minimum absolute atomic E-state index is 0.115. The standard InChI is InChI=1S/C13H17F3N2O3/c1-8-5-9(6-10(11(8)17)12(19)20-2)18-3-4-21-7-13(14,15)16/h5-6,18H,3-4,7,17H2,1-2H3. The zero-order valence-electron chi connectivity index (χ0n) is 11.7. The van der Waals surface area contributed by atoms with E-state index >= 15 is 0 Å². The largest absolute Gasteiger partial charge is 0.465 e. The number of halogens is 3. The third-order valence-electron chi connectivity index (χ3n) is 2.63. The van der Waals surface area contributed by atoms with Crippen molar-refractivity contribution in [3.63, 3.8) is 0 Å². The molecule has 1 aromatic rings. The summed E-state index contributed by atoms with van der Waals surface area (Å²) in [6.07, 6.45) is -4.34. The number of nitrogens with two attached hydrogens (primary N) is 1. The van der Waals surface area contributed by atoms with E-state index in [0.717, 1.165) is 0 Å². The molecule has 0 saturated heterocycles. The number of hydrogen-bond donors (Lipinski definition) is 2. The number of benzene rings is 1. The minimum atomic E-state index is -4.34. The van der Waals surface area contributed by atoms with Crippen LogP contribution in [0.2, 0.25) is 0 Å². The lowest BCUT2D eigenvalue weighted by atomic mass is 10.1. The van der Waals surface area contributed by atoms with Crippen molar-refractivity contribution < 1.29 is 27.4 Å². The molecule has 0 aliphatic carbocycles. The molecule has 5 nitrogen and oxygen atoms in total. The van der Waals surface area contributed by atoms with Gasteiger partial charge in [0.15, 0.2) is 0 Å². The molecular formula is C13H17F3N2O3. The summed E-state index contributed by atoms with van der Waals surface area (Å²) in [7, 11) is 1.24. The molecule has 21 heavy (non-hydrogen) atoms. The number of carbonyl (C=O) groups is 1. The van der Waals surface area contributed by atoms with Crippen molar-refractivity contribution in [2.75, 3.05) is 37.9 Å². The van der Waals surface area contributed by atoms with E-state index in [2.05, 4.69) is 14.8 Å². The summed E-state index contributed by atoms with van der Waals surface area (Å²) < 4.78 is 44.7. The lowest BCUT2D eigenvalue weighted by molar-refractivity contribution is -0.172. The van der Waals surface area contributed by atoms with Gasteiger partial charge in [0.25, 0.3) is 0 Å². The normalized spacial score (nSPS) is 11.3. The van der Waals surface area contributed by atoms with Crippen molar-refractivity contribution in [2.24, 2.45) is 0 Å². The van der Waals surface area contributed by atoms with Gasteiger partial charge in [-0.3, -0.25) is 0 Å². The van der Waals surface area contributed by atoms with Crippen molar-refractivity contribution >= 4 is 17.3 Å². The van der Waals surface area contributed by atoms with E-state index in [1.54, 1.807) is 13.0 Å². The van der Waals surface area contributed by atoms with Crippen molar-refractivity contribution in [3.8, 4) is 0 Å². The van der Waals surface area contributed by atoms with Gasteiger partial charge in [0.1, 0.15) is 6.61 Å². The molecule has 0 aliphatic rings. The number of aryl methyl sites for hydroxylation is 1. The number of ether oxygens (including phenoxy) is 2. The molecule has 3 N–H and O–H groups in total. The number of methoxy groups -OCH3 is 1. The number of esters is 1. The summed E-state index contributed by atoms with van der Waals surface area (Å²) in [6, 6.07) is 3.17. The number of anilines is 2. The monoisotopic (exact) mass is 306 g/mol. The van der Waals surface area contributed by atoms with Crippen LogP contribution >= 0.6 is 0 Å². The Morgan fingerprint density at radius 1 is 1.38 bits per heavy atom. The Morgan fingerprint density at radius 3 is 2.62 bits per heavy atom. The fraction of sp³-hybridized carbons (Fsp3) is 0.462. The topological polar surface area (TPSA) is 73.6 Å². The van der Waals surface area contributed by atoms with Crippen LogP contribution < -0.4 is 11.1 Å². The van der Waals surface area contributed by atoms with Crippen LogP contribution in [0.5, 0.6) is 0 Å². The van der Waals surface area contributed by atoms with Gasteiger partial charge in [-0.05, 0) is 24.6 Å². The number of rotatable bonds is 6. The van der Waals surface area contributed by atoms with Crippen LogP contribution in [0.4, 0.5) is 24.5 Å². The molecule has 118 valence electrons. The molecule has 1 rings (SSSR count). The second-order valence-electron chi connectivity index (χ2n) is 4.34. The van der Waals surface area contributed by atoms with Gasteiger partial charge in [-0.2, -0.15) is 13.2 Å². The Bertz CT molecular complexity index is 504. The van der Waals surface area contributed by atoms with Crippen molar-refractivity contribution in [1.29, 1.82) is 0 Å². The van der Waals surface area contributed by atoms with Crippen LogP contribution in [0.25, 0.3) is 0 Å². The maximum atomic E-state index is 11.9. The number of nitrogen functional groups attached to an aromatic ring is 1. The second kappa shape index (κ2) is 7.16. The Hall–Kier alpha value is -1.96. The molecule has 0 aromatic heterocycles. The highest BCUT2D eigenvalue weighted by Crippen LogP contribution is 2.23. The van der Waals surface area contributed by atoms with Crippen molar-refractivity contribution in [3.05, 3.63) is 23.3 Å². The van der Waals surface area contributed by atoms with Crippen LogP contribution in [0, 0.1) is 6.92 Å². The molecule has 0 atom stereocenters. The Morgan fingerprint density at radius 2 is 2.05 bits per heavy atom. The predicted octanol–water partition coefficient (Wildman–Crippen LogP) is 2.35. The summed E-state index contributed by atoms with van der Waals surface area (Å²) in [5.41, 5.74) is 7.50. The highest BCUT2D eigenvalue weighted by Gasteiger charge is 2.27. The summed E-state index contributed by atoms with van der Waals surface area (Å²) in [6.45, 7) is 0.479. The first-order chi connectivity index (χ1) is 9.74. The quantitative estimate of drug-likeness (QED) is 0.479. The second-order valence-corrected chi connectivity index (χ2v) is 4.34. The SMILES string of the molecule is COC(=O)c1cc(NCCOCC(F)(F)F)cc(C)c1N. The number of nitrogens with one attached hydrogen (secondary N) is 1. The summed E-state index contributed by atoms with van der Waals surface area (Å²) in [5.74, 6) is -0.576. The third-order valence-corrected chi connectivity index (χ3v) is 2.63. The predicted molar refractivity (Wildman–Crippen MR) is 72.3 cm³/mol. The molecule has 0 amide bonds. The van der Waals surface area contributed by atoms with Gasteiger partial charge < -0.3 is 20.5 Å². The fourth-order valence-electron chi connectivity index (χ4n) is 1.63. The van der Waals surface area contributed by atoms with Gasteiger partial charge in [0, 0.05) is 17.9 Å². The maximum absolute atomic E-state index is 11.9. The van der Waals surface area contributed by atoms with E-state index in [-0.39, 0.29) is 18.7 Å². The first-order valence-electron chi connectivity index (χ1n) is 6.11. The molecule has 0 fully saturated rings. The average Bonchev–Trinajstić information content (AvgIpc) is 2.40. The number of hydrogen-bond acceptors (Lipinski definition) is 5. The van der Waals surface area contributed by atoms with Crippen LogP contribution in [-0.4, -0.2) is 39.0 Å². The van der Waals surface area contributed by atoms with E-state index in [4.69, 9.17) is 5.73 Å². The molecule has 0 saturated carbocycles. The van der Waals surface area contributed by atoms with Crippen molar-refractivity contribution in [1.82, 2.24) is 0 Å². The first kappa shape index (κ1) is 17.1. The average molecular weight is 306 g/mol. The lowest BCUT2D eigenvalue weighted by Gasteiger charge is -2.13. The highest BCUT2D eigenvalue weighted by atomic mass is 19.4. The van der Waals surface area contributed by atoms with Crippen molar-refractivity contribution in [2.45, 2.75) is 13.1 Å². The zero-order valence-corrected chi connectivity index (χ0v) is 11.7. The lowest BCUT2D eigenvalue weighted by Crippen LogP contribution is -2.20. The van der Waals surface area contributed by atoms with Crippen LogP contribution in [-0.2, 0) is 9.47 Å². The van der Waals surface area contributed by atoms with Gasteiger partial charge in [0.05, 0.1) is 19.3 Å². The van der Waals surface area contributed by atoms with Gasteiger partial charge in [0.2, 0.25) is 0 Å². The molecule has 0 heterocycles. The van der Waals surface area contributed by atoms with E-state index in [9.17, 15) is 18.0 Å². The van der Waals surface area contributed by atoms with Crippen LogP contribution in [0.3, 0.4) is 0 Å². The van der Waals surface area contributed by atoms with E-state index < -0.39 is 18.8 Å². The Labute approximate surface area is 120 Å². The van der Waals surface area contributed by atoms with Gasteiger partial charge in [-0.1, -0.05) is 0 Å². The number of alkyl halides is 3. The van der Waals surface area contributed by atoms with Crippen LogP contribution in [0.15, 0.2) is 12.1 Å². The number of carbonyl (C=O) groups excluding carboxylic acids is 1. The van der Waals surface area contributed by atoms with E-state index in [1.165, 1.54) is 13.2 Å². The van der Waals surface area contributed by atoms with Crippen LogP contribution in [0.1, 0.15) is 15.9 Å². The van der Waals surface area contributed by atoms with Gasteiger partial charge in [-0.25, -0.2) is 4.79 Å². The molecule has 0 aliphatic heterocycles. The van der Waals surface area contributed by atoms with Gasteiger partial charge >= 0.3 is 12.1 Å². The maximum Gasteiger partial charge on any atom is 0.411 e. The molecule has 0 radical (unpaired) electrons. The molecule has 8 heteroatoms. The molecular weight excluding hydrogens is 289 g/mol. The molecule has 1 aromatic carbocycles. The molecule has 0 spiro atoms. The van der Waals surface area contributed by atoms with E-state index in [1.807, 2.05) is 0 Å². The fourth-order valence-corrected chi connectivity index (χ4v) is 1.63. The first-order valence-corrected chi connectivity index (χ1v) is 6.11. The smallest absolute Gasteiger partial charge is 0.411 e. The molecule has 0 bridgehead atoms. The summed E-state index contributed by atoms with van der Waals surface area (Å²) in [5, 5.41) is 2.86.